The fourth-order valence-electron chi connectivity index (χ4n) is 2.37. The zero-order valence-electron chi connectivity index (χ0n) is 11.0. The van der Waals surface area contributed by atoms with Crippen molar-refractivity contribution >= 4 is 11.0 Å². The molecule has 0 spiro atoms. The number of nitrogens with zero attached hydrogens (tertiary/aromatic N) is 2. The predicted molar refractivity (Wildman–Crippen MR) is 76.8 cm³/mol. The number of aromatic nitrogens is 2. The Kier molecular flexibility index (Phi) is 3.39. The number of hydrogen-bond donors (Lipinski definition) is 1. The highest BCUT2D eigenvalue weighted by Gasteiger charge is 2.13. The number of hydrogen-bond acceptors (Lipinski definition) is 3. The Balaban J connectivity index is 2.07. The molecule has 1 unspecified atom stereocenters. The molecule has 3 aromatic rings. The van der Waals surface area contributed by atoms with Gasteiger partial charge in [0, 0.05) is 12.4 Å². The van der Waals surface area contributed by atoms with Crippen LogP contribution >= 0.6 is 0 Å². The number of fused-ring (bicyclic) bond motifs is 1. The van der Waals surface area contributed by atoms with E-state index in [0.717, 1.165) is 22.2 Å². The van der Waals surface area contributed by atoms with E-state index >= 15 is 0 Å². The van der Waals surface area contributed by atoms with Crippen LogP contribution in [-0.4, -0.2) is 17.0 Å². The second-order valence-electron chi connectivity index (χ2n) is 4.58. The number of rotatable bonds is 3. The Hall–Kier alpha value is -2.33. The molecular formula is C16H14FN3. The molecule has 0 aliphatic heterocycles. The standard InChI is InChI=1S/C16H14FN3/c1-18-16(11-3-2-4-13(17)9-11)12-5-6-14-15(10-12)20-8-7-19-14/h2-10,16,18H,1H3. The second kappa shape index (κ2) is 5.35. The lowest BCUT2D eigenvalue weighted by atomic mass is 9.98. The fourth-order valence-corrected chi connectivity index (χ4v) is 2.37. The average molecular weight is 267 g/mol. The van der Waals surface area contributed by atoms with Crippen LogP contribution in [0.1, 0.15) is 17.2 Å². The minimum atomic E-state index is -0.233. The van der Waals surface area contributed by atoms with E-state index in [-0.39, 0.29) is 11.9 Å². The molecule has 20 heavy (non-hydrogen) atoms. The topological polar surface area (TPSA) is 37.8 Å². The van der Waals surface area contributed by atoms with Gasteiger partial charge in [-0.3, -0.25) is 9.97 Å². The molecule has 0 aliphatic rings. The number of benzene rings is 2. The lowest BCUT2D eigenvalue weighted by Gasteiger charge is -2.17. The van der Waals surface area contributed by atoms with Crippen LogP contribution in [0.2, 0.25) is 0 Å². The van der Waals surface area contributed by atoms with Gasteiger partial charge in [0.2, 0.25) is 0 Å². The van der Waals surface area contributed by atoms with Gasteiger partial charge in [-0.1, -0.05) is 18.2 Å². The first kappa shape index (κ1) is 12.7. The zero-order valence-corrected chi connectivity index (χ0v) is 11.0. The maximum absolute atomic E-state index is 13.4. The molecule has 0 radical (unpaired) electrons. The molecule has 0 saturated heterocycles. The van der Waals surface area contributed by atoms with Crippen molar-refractivity contribution in [2.45, 2.75) is 6.04 Å². The molecular weight excluding hydrogens is 253 g/mol. The van der Waals surface area contributed by atoms with Crippen molar-refractivity contribution in [2.24, 2.45) is 0 Å². The summed E-state index contributed by atoms with van der Waals surface area (Å²) in [6, 6.07) is 12.4. The van der Waals surface area contributed by atoms with E-state index in [0.29, 0.717) is 0 Å². The van der Waals surface area contributed by atoms with Gasteiger partial charge in [-0.25, -0.2) is 4.39 Å². The van der Waals surface area contributed by atoms with Crippen molar-refractivity contribution in [1.82, 2.24) is 15.3 Å². The first-order valence-corrected chi connectivity index (χ1v) is 6.41. The van der Waals surface area contributed by atoms with Crippen molar-refractivity contribution in [1.29, 1.82) is 0 Å². The first-order chi connectivity index (χ1) is 9.78. The summed E-state index contributed by atoms with van der Waals surface area (Å²) in [5.74, 6) is -0.233. The van der Waals surface area contributed by atoms with Gasteiger partial charge < -0.3 is 5.32 Å². The van der Waals surface area contributed by atoms with Gasteiger partial charge in [0.15, 0.2) is 0 Å². The molecule has 1 atom stereocenters. The highest BCUT2D eigenvalue weighted by atomic mass is 19.1. The molecule has 0 bridgehead atoms. The normalized spacial score (nSPS) is 12.5. The third-order valence-corrected chi connectivity index (χ3v) is 3.30. The molecule has 0 saturated carbocycles. The summed E-state index contributed by atoms with van der Waals surface area (Å²) in [7, 11) is 1.86. The first-order valence-electron chi connectivity index (χ1n) is 6.41. The van der Waals surface area contributed by atoms with E-state index in [4.69, 9.17) is 0 Å². The van der Waals surface area contributed by atoms with Crippen LogP contribution in [0, 0.1) is 5.82 Å². The molecule has 2 aromatic carbocycles. The fraction of sp³-hybridized carbons (Fsp3) is 0.125. The van der Waals surface area contributed by atoms with Gasteiger partial charge in [0.25, 0.3) is 0 Å². The molecule has 1 heterocycles. The van der Waals surface area contributed by atoms with E-state index < -0.39 is 0 Å². The van der Waals surface area contributed by atoms with E-state index in [2.05, 4.69) is 15.3 Å². The lowest BCUT2D eigenvalue weighted by molar-refractivity contribution is 0.617. The quantitative estimate of drug-likeness (QED) is 0.792. The molecule has 0 aliphatic carbocycles. The van der Waals surface area contributed by atoms with Crippen molar-refractivity contribution in [3.05, 3.63) is 71.8 Å². The predicted octanol–water partition coefficient (Wildman–Crippen LogP) is 3.08. The number of nitrogens with one attached hydrogen (secondary N) is 1. The summed E-state index contributed by atoms with van der Waals surface area (Å²) in [6.45, 7) is 0. The highest BCUT2D eigenvalue weighted by molar-refractivity contribution is 5.74. The molecule has 1 aromatic heterocycles. The Morgan fingerprint density at radius 3 is 2.45 bits per heavy atom. The van der Waals surface area contributed by atoms with Crippen molar-refractivity contribution in [3.63, 3.8) is 0 Å². The van der Waals surface area contributed by atoms with Crippen LogP contribution in [-0.2, 0) is 0 Å². The Bertz CT molecular complexity index is 742. The summed E-state index contributed by atoms with van der Waals surface area (Å²) in [6.07, 6.45) is 3.34. The second-order valence-corrected chi connectivity index (χ2v) is 4.58. The van der Waals surface area contributed by atoms with Gasteiger partial charge in [-0.15, -0.1) is 0 Å². The third-order valence-electron chi connectivity index (χ3n) is 3.30. The third kappa shape index (κ3) is 2.38. The molecule has 4 heteroatoms. The zero-order chi connectivity index (χ0) is 13.9. The van der Waals surface area contributed by atoms with Gasteiger partial charge >= 0.3 is 0 Å². The van der Waals surface area contributed by atoms with Crippen LogP contribution in [0.25, 0.3) is 11.0 Å². The van der Waals surface area contributed by atoms with Crippen LogP contribution < -0.4 is 5.32 Å². The van der Waals surface area contributed by atoms with E-state index in [9.17, 15) is 4.39 Å². The van der Waals surface area contributed by atoms with Crippen LogP contribution in [0.3, 0.4) is 0 Å². The van der Waals surface area contributed by atoms with Crippen molar-refractivity contribution < 1.29 is 4.39 Å². The monoisotopic (exact) mass is 267 g/mol. The molecule has 3 nitrogen and oxygen atoms in total. The van der Waals surface area contributed by atoms with Gasteiger partial charge in [0.05, 0.1) is 17.1 Å². The molecule has 1 N–H and O–H groups in total. The molecule has 100 valence electrons. The summed E-state index contributed by atoms with van der Waals surface area (Å²) >= 11 is 0. The molecule has 0 fully saturated rings. The average Bonchev–Trinajstić information content (AvgIpc) is 2.48. The smallest absolute Gasteiger partial charge is 0.123 e. The summed E-state index contributed by atoms with van der Waals surface area (Å²) in [5, 5.41) is 3.21. The molecule has 0 amide bonds. The van der Waals surface area contributed by atoms with Crippen molar-refractivity contribution in [2.75, 3.05) is 7.05 Å². The minimum absolute atomic E-state index is 0.0721. The van der Waals surface area contributed by atoms with E-state index in [1.165, 1.54) is 6.07 Å². The van der Waals surface area contributed by atoms with Crippen molar-refractivity contribution in [3.8, 4) is 0 Å². The van der Waals surface area contributed by atoms with Gasteiger partial charge in [-0.05, 0) is 42.4 Å². The maximum atomic E-state index is 13.4. The Labute approximate surface area is 116 Å². The Morgan fingerprint density at radius 1 is 0.950 bits per heavy atom. The van der Waals surface area contributed by atoms with E-state index in [1.807, 2.05) is 31.3 Å². The summed E-state index contributed by atoms with van der Waals surface area (Å²) in [4.78, 5) is 8.56. The minimum Gasteiger partial charge on any atom is -0.309 e. The number of halogens is 1. The summed E-state index contributed by atoms with van der Waals surface area (Å²) in [5.41, 5.74) is 3.61. The largest absolute Gasteiger partial charge is 0.309 e. The molecule has 3 rings (SSSR count). The van der Waals surface area contributed by atoms with Gasteiger partial charge in [-0.2, -0.15) is 0 Å². The highest BCUT2D eigenvalue weighted by Crippen LogP contribution is 2.24. The van der Waals surface area contributed by atoms with E-state index in [1.54, 1.807) is 24.5 Å². The summed E-state index contributed by atoms with van der Waals surface area (Å²) < 4.78 is 13.4. The van der Waals surface area contributed by atoms with Crippen LogP contribution in [0.4, 0.5) is 4.39 Å². The SMILES string of the molecule is CNC(c1cccc(F)c1)c1ccc2nccnc2c1. The Morgan fingerprint density at radius 2 is 1.70 bits per heavy atom. The van der Waals surface area contributed by atoms with Crippen LogP contribution in [0.15, 0.2) is 54.9 Å². The maximum Gasteiger partial charge on any atom is 0.123 e. The lowest BCUT2D eigenvalue weighted by Crippen LogP contribution is -2.17. The van der Waals surface area contributed by atoms with Gasteiger partial charge in [0.1, 0.15) is 5.82 Å². The van der Waals surface area contributed by atoms with Crippen LogP contribution in [0.5, 0.6) is 0 Å².